The molecular formula is C43H58O12. The summed E-state index contributed by atoms with van der Waals surface area (Å²) in [5, 5.41) is 74.2. The van der Waals surface area contributed by atoms with Gasteiger partial charge in [-0.3, -0.25) is 9.59 Å². The van der Waals surface area contributed by atoms with Crippen molar-refractivity contribution in [1.82, 2.24) is 0 Å². The average Bonchev–Trinajstić information content (AvgIpc) is 3.27. The van der Waals surface area contributed by atoms with Gasteiger partial charge in [0.25, 0.3) is 0 Å². The van der Waals surface area contributed by atoms with Gasteiger partial charge in [0.05, 0.1) is 43.5 Å². The van der Waals surface area contributed by atoms with Crippen LogP contribution in [0.5, 0.6) is 0 Å². The number of ketones is 2. The lowest BCUT2D eigenvalue weighted by atomic mass is 9.36. The van der Waals surface area contributed by atoms with Gasteiger partial charge in [-0.1, -0.05) is 40.9 Å². The Morgan fingerprint density at radius 1 is 0.709 bits per heavy atom. The molecule has 17 atom stereocenters. The Hall–Kier alpha value is -2.00. The normalized spacial score (nSPS) is 57.1. The second-order valence-corrected chi connectivity index (χ2v) is 20.8. The molecule has 0 aromatic rings. The summed E-state index contributed by atoms with van der Waals surface area (Å²) >= 11 is 0. The van der Waals surface area contributed by atoms with Crippen LogP contribution in [0.2, 0.25) is 0 Å². The Morgan fingerprint density at radius 2 is 1.29 bits per heavy atom. The number of Topliss-reactive ketones (excluding diaryl/α,β-unsaturated/α-hetero) is 2. The zero-order chi connectivity index (χ0) is 39.4. The summed E-state index contributed by atoms with van der Waals surface area (Å²) in [6.45, 7) is 18.6. The van der Waals surface area contributed by atoms with Crippen molar-refractivity contribution in [3.05, 3.63) is 35.6 Å². The predicted molar refractivity (Wildman–Crippen MR) is 193 cm³/mol. The lowest BCUT2D eigenvalue weighted by molar-refractivity contribution is -0.467. The molecular weight excluding hydrogens is 708 g/mol. The van der Waals surface area contributed by atoms with Gasteiger partial charge in [0.2, 0.25) is 11.6 Å². The van der Waals surface area contributed by atoms with Crippen LogP contribution < -0.4 is 0 Å². The molecule has 0 radical (unpaired) electrons. The zero-order valence-electron chi connectivity index (χ0n) is 32.7. The molecule has 55 heavy (non-hydrogen) atoms. The van der Waals surface area contributed by atoms with E-state index in [4.69, 9.17) is 18.9 Å². The van der Waals surface area contributed by atoms with E-state index in [2.05, 4.69) is 27.0 Å². The van der Waals surface area contributed by atoms with Gasteiger partial charge in [-0.05, 0) is 85.8 Å². The molecule has 7 aliphatic carbocycles. The van der Waals surface area contributed by atoms with E-state index in [1.54, 1.807) is 0 Å². The lowest BCUT2D eigenvalue weighted by Crippen LogP contribution is -2.85. The van der Waals surface area contributed by atoms with Crippen molar-refractivity contribution in [1.29, 1.82) is 0 Å². The third kappa shape index (κ3) is 3.60. The molecule has 4 saturated heterocycles. The molecule has 0 aromatic heterocycles. The summed E-state index contributed by atoms with van der Waals surface area (Å²) in [6, 6.07) is 0. The number of ether oxygens (including phenoxy) is 4. The number of carbonyl (C=O) groups is 2. The number of fused-ring (bicyclic) bond motifs is 4. The molecule has 4 spiro atoms. The molecule has 12 heteroatoms. The first kappa shape index (κ1) is 37.3. The Morgan fingerprint density at radius 3 is 1.93 bits per heavy atom. The molecule has 6 saturated carbocycles. The molecule has 12 aliphatic rings. The van der Waals surface area contributed by atoms with E-state index in [1.165, 1.54) is 0 Å². The maximum absolute atomic E-state index is 14.5. The number of aliphatic hydroxyl groups excluding tert-OH is 4. The highest BCUT2D eigenvalue weighted by Crippen LogP contribution is 2.79. The molecule has 5 heterocycles. The summed E-state index contributed by atoms with van der Waals surface area (Å²) in [7, 11) is 0. The van der Waals surface area contributed by atoms with Crippen LogP contribution in [-0.4, -0.2) is 111 Å². The summed E-state index contributed by atoms with van der Waals surface area (Å²) in [6.07, 6.45) is -2.66. The molecule has 0 aromatic carbocycles. The second-order valence-electron chi connectivity index (χ2n) is 20.8. The number of allylic oxidation sites excluding steroid dienone is 1. The summed E-state index contributed by atoms with van der Waals surface area (Å²) in [5.41, 5.74) is -5.74. The molecule has 10 fully saturated rings. The maximum Gasteiger partial charge on any atom is 0.208 e. The van der Waals surface area contributed by atoms with Gasteiger partial charge in [-0.15, -0.1) is 0 Å². The van der Waals surface area contributed by atoms with Gasteiger partial charge in [0.15, 0.2) is 11.6 Å². The first-order valence-corrected chi connectivity index (χ1v) is 20.6. The minimum absolute atomic E-state index is 0.0236. The quantitative estimate of drug-likeness (QED) is 0.198. The standard InChI is InChI=1S/C43H58O12/c1-19-23-11-13-26-39-18-54-42(50,40(26,29(19)44)31(23)46)33(48)27(39)36(4,5)15-22-9-8-14-52-17-38-21(3)55-43(51,34(49)28(38)37(6,7)16-53-35(22)39)41-25(38)12-10-24(32(41)47)20(2)30(41)45/h21,23-28,31-34,46-51H,1-2,8-18H2,3-7H3/t21-,23-,24-,25-,26-,27+,28+,31+,32+,33-,34-,38+,39-,40-,41-,42+,43+/m0/s1. The van der Waals surface area contributed by atoms with E-state index in [9.17, 15) is 40.2 Å². The molecule has 8 bridgehead atoms. The zero-order valence-corrected chi connectivity index (χ0v) is 32.7. The topological polar surface area (TPSA) is 192 Å². The van der Waals surface area contributed by atoms with Crippen LogP contribution in [0.1, 0.15) is 79.6 Å². The van der Waals surface area contributed by atoms with Crippen molar-refractivity contribution >= 4 is 11.6 Å². The monoisotopic (exact) mass is 766 g/mol. The van der Waals surface area contributed by atoms with Crippen LogP contribution in [0.25, 0.3) is 0 Å². The largest absolute Gasteiger partial charge is 0.497 e. The van der Waals surface area contributed by atoms with Gasteiger partial charge in [0, 0.05) is 41.1 Å². The summed E-state index contributed by atoms with van der Waals surface area (Å²) in [4.78, 5) is 28.8. The van der Waals surface area contributed by atoms with Crippen molar-refractivity contribution in [2.75, 3.05) is 26.4 Å². The van der Waals surface area contributed by atoms with E-state index in [-0.39, 0.29) is 31.0 Å². The van der Waals surface area contributed by atoms with Gasteiger partial charge in [-0.2, -0.15) is 0 Å². The Labute approximate surface area is 321 Å². The van der Waals surface area contributed by atoms with Crippen molar-refractivity contribution in [3.63, 3.8) is 0 Å². The highest BCUT2D eigenvalue weighted by Gasteiger charge is 2.89. The van der Waals surface area contributed by atoms with Crippen molar-refractivity contribution in [2.24, 2.45) is 68.0 Å². The number of aliphatic hydroxyl groups is 6. The average molecular weight is 767 g/mol. The molecule has 302 valence electrons. The van der Waals surface area contributed by atoms with Crippen LogP contribution in [0.15, 0.2) is 35.6 Å². The van der Waals surface area contributed by atoms with Crippen LogP contribution in [0, 0.1) is 68.0 Å². The first-order valence-electron chi connectivity index (χ1n) is 20.6. The minimum atomic E-state index is -2.41. The fourth-order valence-electron chi connectivity index (χ4n) is 16.4. The predicted octanol–water partition coefficient (Wildman–Crippen LogP) is 2.33. The SMILES string of the molecule is C=C1C(=O)[C@]23[C@H](O)[C@H]1CC[C@H]2[C@@]12CO[C@]3(O)[C@@H](O)[C@@H]1C(C)(C)CC1=C2OCC(C)(C)[C@H]2[C@H](O)[C@@]3(O)O[C@@H](C)[C@]2(COCCC1)[C@@H]1CC[C@H]2C(=C)C(=O)[C@]13[C@@H]2O. The molecule has 6 N–H and O–H groups in total. The number of rotatable bonds is 0. The van der Waals surface area contributed by atoms with Gasteiger partial charge in [-0.25, -0.2) is 0 Å². The molecule has 12 nitrogen and oxygen atoms in total. The first-order chi connectivity index (χ1) is 25.7. The smallest absolute Gasteiger partial charge is 0.208 e. The minimum Gasteiger partial charge on any atom is -0.497 e. The van der Waals surface area contributed by atoms with Crippen LogP contribution in [0.4, 0.5) is 0 Å². The lowest BCUT2D eigenvalue weighted by Gasteiger charge is -2.74. The van der Waals surface area contributed by atoms with Crippen molar-refractivity contribution in [2.45, 2.75) is 122 Å². The Kier molecular flexibility index (Phi) is 7.31. The van der Waals surface area contributed by atoms with Crippen molar-refractivity contribution < 1.29 is 59.2 Å². The van der Waals surface area contributed by atoms with Crippen LogP contribution >= 0.6 is 0 Å². The molecule has 0 amide bonds. The third-order valence-electron chi connectivity index (χ3n) is 18.0. The second kappa shape index (κ2) is 10.8. The van der Waals surface area contributed by atoms with Gasteiger partial charge < -0.3 is 49.6 Å². The van der Waals surface area contributed by atoms with E-state index in [0.717, 1.165) is 5.57 Å². The van der Waals surface area contributed by atoms with E-state index in [1.807, 2.05) is 20.8 Å². The molecule has 0 unspecified atom stereocenters. The van der Waals surface area contributed by atoms with Gasteiger partial charge in [0.1, 0.15) is 28.8 Å². The van der Waals surface area contributed by atoms with E-state index >= 15 is 0 Å². The van der Waals surface area contributed by atoms with E-state index in [0.29, 0.717) is 57.3 Å². The highest BCUT2D eigenvalue weighted by atomic mass is 16.7. The van der Waals surface area contributed by atoms with E-state index < -0.39 is 122 Å². The fraction of sp³-hybridized carbons (Fsp3) is 0.814. The number of hydrogen-bond acceptors (Lipinski definition) is 12. The fourth-order valence-corrected chi connectivity index (χ4v) is 16.4. The summed E-state index contributed by atoms with van der Waals surface area (Å²) < 4.78 is 26.7. The van der Waals surface area contributed by atoms with Crippen LogP contribution in [-0.2, 0) is 28.5 Å². The third-order valence-corrected chi connectivity index (χ3v) is 18.0. The number of hydrogen-bond donors (Lipinski definition) is 6. The summed E-state index contributed by atoms with van der Waals surface area (Å²) in [5.74, 6) is -8.67. The Bertz CT molecular complexity index is 1850. The number of carbonyl (C=O) groups excluding carboxylic acids is 2. The van der Waals surface area contributed by atoms with Crippen molar-refractivity contribution in [3.8, 4) is 0 Å². The highest BCUT2D eigenvalue weighted by molar-refractivity contribution is 6.06. The molecule has 5 aliphatic heterocycles. The van der Waals surface area contributed by atoms with Crippen LogP contribution in [0.3, 0.4) is 0 Å². The Balaban J connectivity index is 1.13. The maximum atomic E-state index is 14.5. The molecule has 12 rings (SSSR count). The van der Waals surface area contributed by atoms with Gasteiger partial charge >= 0.3 is 0 Å².